The molecule has 9 nitrogen and oxygen atoms in total. The van der Waals surface area contributed by atoms with Crippen LogP contribution in [-0.2, 0) is 14.3 Å². The van der Waals surface area contributed by atoms with Crippen molar-refractivity contribution in [1.29, 1.82) is 0 Å². The lowest BCUT2D eigenvalue weighted by Gasteiger charge is -2.24. The fraction of sp³-hybridized carbons (Fsp3) is 0.261. The number of benzene rings is 2. The molecule has 0 unspecified atom stereocenters. The van der Waals surface area contributed by atoms with E-state index in [0.717, 1.165) is 0 Å². The van der Waals surface area contributed by atoms with Gasteiger partial charge in [0.25, 0.3) is 11.7 Å². The number of amides is 1. The molecule has 1 heterocycles. The van der Waals surface area contributed by atoms with Crippen molar-refractivity contribution in [2.75, 3.05) is 34.5 Å². The Morgan fingerprint density at radius 2 is 1.59 bits per heavy atom. The number of ketones is 1. The zero-order chi connectivity index (χ0) is 23.4. The average Bonchev–Trinajstić information content (AvgIpc) is 3.07. The van der Waals surface area contributed by atoms with Gasteiger partial charge in [-0.05, 0) is 35.9 Å². The highest BCUT2D eigenvalue weighted by Gasteiger charge is 2.45. The highest BCUT2D eigenvalue weighted by molar-refractivity contribution is 6.46. The molecule has 1 aliphatic rings. The lowest BCUT2D eigenvalue weighted by molar-refractivity contribution is -0.140. The molecule has 3 rings (SSSR count). The monoisotopic (exact) mass is 441 g/mol. The molecule has 1 aliphatic heterocycles. The summed E-state index contributed by atoms with van der Waals surface area (Å²) in [6.45, 7) is -0.489. The number of aliphatic hydroxyl groups excluding tert-OH is 2. The van der Waals surface area contributed by atoms with Crippen LogP contribution in [0.25, 0.3) is 5.76 Å². The van der Waals surface area contributed by atoms with Crippen molar-refractivity contribution >= 4 is 23.4 Å². The minimum absolute atomic E-state index is 0.114. The van der Waals surface area contributed by atoms with Crippen LogP contribution in [0.4, 0.5) is 0 Å². The molecule has 1 fully saturated rings. The first-order valence-electron chi connectivity index (χ1n) is 9.67. The van der Waals surface area contributed by atoms with E-state index in [0.29, 0.717) is 17.1 Å². The molecule has 0 aromatic heterocycles. The van der Waals surface area contributed by atoms with Crippen LogP contribution in [0.15, 0.2) is 48.0 Å². The summed E-state index contributed by atoms with van der Waals surface area (Å²) in [5.41, 5.74) is 0.880. The van der Waals surface area contributed by atoms with Crippen LogP contribution >= 0.6 is 0 Å². The Morgan fingerprint density at radius 1 is 0.969 bits per heavy atom. The third-order valence-corrected chi connectivity index (χ3v) is 5.19. The maximum atomic E-state index is 12.9. The number of likely N-dealkylation sites (tertiary alicyclic amines) is 1. The molecule has 2 N–H and O–H groups in total. The van der Waals surface area contributed by atoms with Crippen LogP contribution in [0, 0.1) is 0 Å². The van der Waals surface area contributed by atoms with Gasteiger partial charge in [-0.1, -0.05) is 12.1 Å². The molecule has 0 spiro atoms. The number of ether oxygens (including phenoxy) is 3. The molecule has 9 heteroatoms. The number of Topliss-reactive ketones (excluding diaryl/α,β-unsaturated/α-hetero) is 1. The fourth-order valence-corrected chi connectivity index (χ4v) is 3.62. The molecule has 1 saturated heterocycles. The molecule has 2 aromatic carbocycles. The highest BCUT2D eigenvalue weighted by atomic mass is 16.5. The number of hydrogen-bond donors (Lipinski definition) is 2. The summed E-state index contributed by atoms with van der Waals surface area (Å²) in [5.74, 6) is -1.89. The first-order valence-corrected chi connectivity index (χ1v) is 9.67. The molecule has 2 aromatic rings. The van der Waals surface area contributed by atoms with Gasteiger partial charge in [0.05, 0.1) is 45.1 Å². The molecular weight excluding hydrogens is 418 g/mol. The maximum absolute atomic E-state index is 12.9. The Bertz CT molecular complexity index is 1070. The smallest absolute Gasteiger partial charge is 0.337 e. The van der Waals surface area contributed by atoms with Gasteiger partial charge in [-0.3, -0.25) is 9.59 Å². The zero-order valence-electron chi connectivity index (χ0n) is 17.8. The van der Waals surface area contributed by atoms with Gasteiger partial charge in [-0.2, -0.15) is 0 Å². The normalized spacial score (nSPS) is 17.4. The summed E-state index contributed by atoms with van der Waals surface area (Å²) in [6.07, 6.45) is 0. The standard InChI is InChI=1S/C23H23NO8/c1-30-16-9-8-15(12-17(16)31-2)20(26)18-19(24(10-11-25)22(28)21(18)27)13-4-6-14(7-5-13)23(29)32-3/h4-9,12,19,25-26H,10-11H2,1-3H3/t19-/m0/s1. The largest absolute Gasteiger partial charge is 0.507 e. The second-order valence-corrected chi connectivity index (χ2v) is 6.90. The van der Waals surface area contributed by atoms with Gasteiger partial charge in [0.15, 0.2) is 11.5 Å². The molecular formula is C23H23NO8. The van der Waals surface area contributed by atoms with E-state index in [2.05, 4.69) is 0 Å². The van der Waals surface area contributed by atoms with Gasteiger partial charge < -0.3 is 29.3 Å². The third-order valence-electron chi connectivity index (χ3n) is 5.19. The Labute approximate surface area is 184 Å². The summed E-state index contributed by atoms with van der Waals surface area (Å²) in [6, 6.07) is 9.76. The molecule has 1 amide bonds. The quantitative estimate of drug-likeness (QED) is 0.289. The third kappa shape index (κ3) is 4.02. The minimum Gasteiger partial charge on any atom is -0.507 e. The topological polar surface area (TPSA) is 123 Å². The number of esters is 1. The number of nitrogens with zero attached hydrogens (tertiary/aromatic N) is 1. The lowest BCUT2D eigenvalue weighted by atomic mass is 9.94. The summed E-state index contributed by atoms with van der Waals surface area (Å²) < 4.78 is 15.1. The Hall–Kier alpha value is -3.85. The van der Waals surface area contributed by atoms with Crippen molar-refractivity contribution in [3.63, 3.8) is 0 Å². The highest BCUT2D eigenvalue weighted by Crippen LogP contribution is 2.40. The van der Waals surface area contributed by atoms with Gasteiger partial charge in [-0.25, -0.2) is 4.79 Å². The molecule has 1 atom stereocenters. The molecule has 0 radical (unpaired) electrons. The summed E-state index contributed by atoms with van der Waals surface area (Å²) in [7, 11) is 4.16. The van der Waals surface area contributed by atoms with Crippen LogP contribution in [0.5, 0.6) is 11.5 Å². The SMILES string of the molecule is COC(=O)c1ccc([C@H]2C(=C(O)c3ccc(OC)c(OC)c3)C(=O)C(=O)N2CCO)cc1. The van der Waals surface area contributed by atoms with Gasteiger partial charge in [-0.15, -0.1) is 0 Å². The van der Waals surface area contributed by atoms with Gasteiger partial charge >= 0.3 is 5.97 Å². The van der Waals surface area contributed by atoms with Crippen LogP contribution in [0.3, 0.4) is 0 Å². The van der Waals surface area contributed by atoms with Crippen LogP contribution in [-0.4, -0.2) is 67.3 Å². The van der Waals surface area contributed by atoms with Crippen molar-refractivity contribution in [2.24, 2.45) is 0 Å². The summed E-state index contributed by atoms with van der Waals surface area (Å²) >= 11 is 0. The Balaban J connectivity index is 2.16. The number of carbonyl (C=O) groups is 3. The van der Waals surface area contributed by atoms with E-state index in [-0.39, 0.29) is 29.9 Å². The number of rotatable bonds is 7. The van der Waals surface area contributed by atoms with Gasteiger partial charge in [0, 0.05) is 12.1 Å². The molecule has 32 heavy (non-hydrogen) atoms. The number of hydrogen-bond acceptors (Lipinski definition) is 8. The molecule has 0 saturated carbocycles. The van der Waals surface area contributed by atoms with Gasteiger partial charge in [0.2, 0.25) is 0 Å². The van der Waals surface area contributed by atoms with Crippen LogP contribution in [0.1, 0.15) is 27.5 Å². The van der Waals surface area contributed by atoms with E-state index >= 15 is 0 Å². The van der Waals surface area contributed by atoms with E-state index in [1.807, 2.05) is 0 Å². The van der Waals surface area contributed by atoms with E-state index in [1.165, 1.54) is 50.5 Å². The summed E-state index contributed by atoms with van der Waals surface area (Å²) in [4.78, 5) is 38.5. The average molecular weight is 441 g/mol. The minimum atomic E-state index is -0.957. The first-order chi connectivity index (χ1) is 15.4. The van der Waals surface area contributed by atoms with Gasteiger partial charge in [0.1, 0.15) is 5.76 Å². The van der Waals surface area contributed by atoms with Crippen molar-refractivity contribution in [3.05, 3.63) is 64.7 Å². The molecule has 168 valence electrons. The number of methoxy groups -OCH3 is 3. The van der Waals surface area contributed by atoms with Crippen molar-refractivity contribution < 1.29 is 38.8 Å². The van der Waals surface area contributed by atoms with Crippen molar-refractivity contribution in [1.82, 2.24) is 4.90 Å². The number of β-amino-alcohol motifs (C(OH)–C–C–N with tert-alkyl or cyclic N) is 1. The van der Waals surface area contributed by atoms with E-state index < -0.39 is 29.5 Å². The Kier molecular flexibility index (Phi) is 6.79. The number of aliphatic hydroxyl groups is 2. The lowest BCUT2D eigenvalue weighted by Crippen LogP contribution is -2.32. The molecule has 0 aliphatic carbocycles. The maximum Gasteiger partial charge on any atom is 0.337 e. The Morgan fingerprint density at radius 3 is 2.16 bits per heavy atom. The van der Waals surface area contributed by atoms with E-state index in [1.54, 1.807) is 18.2 Å². The first kappa shape index (κ1) is 22.8. The predicted octanol–water partition coefficient (Wildman–Crippen LogP) is 1.90. The predicted molar refractivity (Wildman–Crippen MR) is 113 cm³/mol. The zero-order valence-corrected chi connectivity index (χ0v) is 17.8. The second-order valence-electron chi connectivity index (χ2n) is 6.90. The fourth-order valence-electron chi connectivity index (χ4n) is 3.62. The van der Waals surface area contributed by atoms with E-state index in [4.69, 9.17) is 14.2 Å². The summed E-state index contributed by atoms with van der Waals surface area (Å²) in [5, 5.41) is 20.5. The molecule has 0 bridgehead atoms. The second kappa shape index (κ2) is 9.52. The van der Waals surface area contributed by atoms with Crippen molar-refractivity contribution in [3.8, 4) is 11.5 Å². The van der Waals surface area contributed by atoms with Crippen molar-refractivity contribution in [2.45, 2.75) is 6.04 Å². The van der Waals surface area contributed by atoms with Crippen LogP contribution < -0.4 is 9.47 Å². The number of carbonyl (C=O) groups excluding carboxylic acids is 3. The van der Waals surface area contributed by atoms with Crippen LogP contribution in [0.2, 0.25) is 0 Å². The van der Waals surface area contributed by atoms with E-state index in [9.17, 15) is 24.6 Å².